The zero-order valence-corrected chi connectivity index (χ0v) is 17.1. The molecule has 6 bridgehead atoms. The Bertz CT molecular complexity index is 1050. The molecule has 1 aromatic carbocycles. The molecule has 1 aromatic rings. The van der Waals surface area contributed by atoms with Crippen LogP contribution < -0.4 is 4.90 Å². The van der Waals surface area contributed by atoms with Crippen LogP contribution in [0.1, 0.15) is 32.1 Å². The van der Waals surface area contributed by atoms with Gasteiger partial charge in [0, 0.05) is 24.0 Å². The van der Waals surface area contributed by atoms with Gasteiger partial charge >= 0.3 is 0 Å². The van der Waals surface area contributed by atoms with Crippen molar-refractivity contribution in [1.29, 1.82) is 0 Å². The van der Waals surface area contributed by atoms with E-state index in [1.54, 1.807) is 11.6 Å². The van der Waals surface area contributed by atoms with Gasteiger partial charge in [-0.2, -0.15) is 0 Å². The second-order valence-electron chi connectivity index (χ2n) is 10.5. The fraction of sp³-hybridized carbons (Fsp3) is 0.520. The zero-order chi connectivity index (χ0) is 21.0. The summed E-state index contributed by atoms with van der Waals surface area (Å²) in [5.41, 5.74) is 3.24. The van der Waals surface area contributed by atoms with Crippen molar-refractivity contribution >= 4 is 23.2 Å². The molecule has 6 fully saturated rings. The molecule has 6 heteroatoms. The number of amides is 2. The van der Waals surface area contributed by atoms with Gasteiger partial charge in [0.25, 0.3) is 5.69 Å². The Morgan fingerprint density at radius 3 is 1.97 bits per heavy atom. The van der Waals surface area contributed by atoms with E-state index in [4.69, 9.17) is 0 Å². The lowest BCUT2D eigenvalue weighted by Gasteiger charge is -2.52. The Kier molecular flexibility index (Phi) is 3.42. The van der Waals surface area contributed by atoms with Crippen LogP contribution in [0.5, 0.6) is 0 Å². The van der Waals surface area contributed by atoms with E-state index in [0.717, 1.165) is 11.8 Å². The van der Waals surface area contributed by atoms with Gasteiger partial charge in [-0.1, -0.05) is 29.4 Å². The Morgan fingerprint density at radius 2 is 1.42 bits per heavy atom. The summed E-state index contributed by atoms with van der Waals surface area (Å²) >= 11 is 0. The Labute approximate surface area is 180 Å². The largest absolute Gasteiger partial charge is 0.274 e. The number of imide groups is 1. The van der Waals surface area contributed by atoms with Crippen LogP contribution in [0.25, 0.3) is 0 Å². The number of nitrogens with zero attached hydrogens (tertiary/aromatic N) is 2. The van der Waals surface area contributed by atoms with Gasteiger partial charge in [0.1, 0.15) is 0 Å². The molecule has 1 aliphatic heterocycles. The van der Waals surface area contributed by atoms with Crippen molar-refractivity contribution in [3.05, 3.63) is 57.7 Å². The van der Waals surface area contributed by atoms with Crippen LogP contribution in [0, 0.1) is 57.5 Å². The summed E-state index contributed by atoms with van der Waals surface area (Å²) in [7, 11) is 0. The first-order valence-electron chi connectivity index (χ1n) is 11.6. The first kappa shape index (κ1) is 17.9. The lowest BCUT2D eigenvalue weighted by molar-refractivity contribution is -0.384. The standard InChI is InChI=1S/C25H24N2O4/c28-24-22-18-4-5-19(21(18)20-14-7-12-6-13(9-14)10-15(20)8-12)23(22)25(29)26(24)16-2-1-3-17(11-16)27(30)31/h1-5,11-15,18-19,22-23H,6-10H2. The topological polar surface area (TPSA) is 80.5 Å². The molecule has 158 valence electrons. The molecular weight excluding hydrogens is 392 g/mol. The van der Waals surface area contributed by atoms with E-state index in [2.05, 4.69) is 12.2 Å². The van der Waals surface area contributed by atoms with Crippen molar-refractivity contribution in [1.82, 2.24) is 0 Å². The molecule has 6 aliphatic carbocycles. The van der Waals surface area contributed by atoms with Crippen LogP contribution in [-0.2, 0) is 9.59 Å². The van der Waals surface area contributed by atoms with Gasteiger partial charge in [0.2, 0.25) is 11.8 Å². The van der Waals surface area contributed by atoms with Gasteiger partial charge in [-0.15, -0.1) is 0 Å². The van der Waals surface area contributed by atoms with Crippen molar-refractivity contribution in [2.45, 2.75) is 32.1 Å². The van der Waals surface area contributed by atoms with Crippen LogP contribution in [0.15, 0.2) is 47.6 Å². The minimum atomic E-state index is -0.491. The lowest BCUT2D eigenvalue weighted by Crippen LogP contribution is -2.41. The predicted octanol–water partition coefficient (Wildman–Crippen LogP) is 4.27. The minimum Gasteiger partial charge on any atom is -0.274 e. The average Bonchev–Trinajstić information content (AvgIpc) is 3.37. The van der Waals surface area contributed by atoms with Gasteiger partial charge in [-0.3, -0.25) is 19.7 Å². The minimum absolute atomic E-state index is 0.0303. The number of allylic oxidation sites excluding steroid dienone is 4. The normalized spacial score (nSPS) is 41.6. The van der Waals surface area contributed by atoms with Gasteiger partial charge < -0.3 is 0 Å². The Balaban J connectivity index is 1.27. The third kappa shape index (κ3) is 2.23. The maximum Gasteiger partial charge on any atom is 0.271 e. The maximum atomic E-state index is 13.5. The number of benzene rings is 1. The first-order chi connectivity index (χ1) is 15.0. The molecule has 8 rings (SSSR count). The number of hydrogen-bond donors (Lipinski definition) is 0. The van der Waals surface area contributed by atoms with E-state index in [0.29, 0.717) is 17.5 Å². The Morgan fingerprint density at radius 1 is 0.839 bits per heavy atom. The van der Waals surface area contributed by atoms with Crippen molar-refractivity contribution in [2.75, 3.05) is 4.90 Å². The zero-order valence-electron chi connectivity index (χ0n) is 17.1. The van der Waals surface area contributed by atoms with E-state index in [1.165, 1.54) is 60.8 Å². The second-order valence-corrected chi connectivity index (χ2v) is 10.5. The smallest absolute Gasteiger partial charge is 0.271 e. The molecule has 1 heterocycles. The number of carbonyl (C=O) groups excluding carboxylic acids is 2. The highest BCUT2D eigenvalue weighted by Gasteiger charge is 2.63. The monoisotopic (exact) mass is 416 g/mol. The van der Waals surface area contributed by atoms with E-state index < -0.39 is 4.92 Å². The number of carbonyl (C=O) groups is 2. The van der Waals surface area contributed by atoms with Gasteiger partial charge in [-0.05, 0) is 61.8 Å². The third-order valence-electron chi connectivity index (χ3n) is 9.07. The van der Waals surface area contributed by atoms with E-state index in [-0.39, 0.29) is 41.2 Å². The molecule has 0 spiro atoms. The SMILES string of the molecule is O=C1C2C3C=CC(C3=C3C4CC5CC(C4)CC3C5)C2C(=O)N1c1cccc([N+](=O)[O-])c1. The summed E-state index contributed by atoms with van der Waals surface area (Å²) in [6.07, 6.45) is 10.9. The average molecular weight is 416 g/mol. The van der Waals surface area contributed by atoms with Crippen molar-refractivity contribution in [2.24, 2.45) is 47.3 Å². The Hall–Kier alpha value is -2.76. The molecule has 0 radical (unpaired) electrons. The molecule has 4 atom stereocenters. The van der Waals surface area contributed by atoms with Crippen LogP contribution >= 0.6 is 0 Å². The fourth-order valence-electron chi connectivity index (χ4n) is 8.31. The summed E-state index contributed by atoms with van der Waals surface area (Å²) < 4.78 is 0. The summed E-state index contributed by atoms with van der Waals surface area (Å²) in [4.78, 5) is 38.9. The molecule has 5 saturated carbocycles. The fourth-order valence-corrected chi connectivity index (χ4v) is 8.31. The van der Waals surface area contributed by atoms with Gasteiger partial charge in [-0.25, -0.2) is 4.90 Å². The maximum absolute atomic E-state index is 13.5. The van der Waals surface area contributed by atoms with Crippen molar-refractivity contribution in [3.8, 4) is 0 Å². The molecule has 1 saturated heterocycles. The molecule has 0 aromatic heterocycles. The summed E-state index contributed by atoms with van der Waals surface area (Å²) in [6.45, 7) is 0. The molecule has 31 heavy (non-hydrogen) atoms. The number of anilines is 1. The predicted molar refractivity (Wildman–Crippen MR) is 113 cm³/mol. The highest BCUT2D eigenvalue weighted by molar-refractivity contribution is 6.23. The van der Waals surface area contributed by atoms with E-state index >= 15 is 0 Å². The summed E-state index contributed by atoms with van der Waals surface area (Å²) in [5.74, 6) is 2.08. The number of fused-ring (bicyclic) bond motifs is 5. The van der Waals surface area contributed by atoms with Crippen LogP contribution in [-0.4, -0.2) is 16.7 Å². The number of nitro benzene ring substituents is 1. The molecular formula is C25H24N2O4. The quantitative estimate of drug-likeness (QED) is 0.312. The lowest BCUT2D eigenvalue weighted by atomic mass is 9.53. The van der Waals surface area contributed by atoms with E-state index in [9.17, 15) is 19.7 Å². The van der Waals surface area contributed by atoms with Gasteiger partial charge in [0.15, 0.2) is 0 Å². The highest BCUT2D eigenvalue weighted by Crippen LogP contribution is 2.63. The van der Waals surface area contributed by atoms with Crippen LogP contribution in [0.4, 0.5) is 11.4 Å². The number of nitro groups is 1. The molecule has 6 nitrogen and oxygen atoms in total. The number of rotatable bonds is 2. The highest BCUT2D eigenvalue weighted by atomic mass is 16.6. The van der Waals surface area contributed by atoms with Crippen LogP contribution in [0.3, 0.4) is 0 Å². The van der Waals surface area contributed by atoms with Crippen molar-refractivity contribution in [3.63, 3.8) is 0 Å². The van der Waals surface area contributed by atoms with Gasteiger partial charge in [0.05, 0.1) is 22.4 Å². The molecule has 4 unspecified atom stereocenters. The first-order valence-corrected chi connectivity index (χ1v) is 11.6. The van der Waals surface area contributed by atoms with E-state index in [1.807, 2.05) is 0 Å². The molecule has 7 aliphatic rings. The molecule has 0 N–H and O–H groups in total. The number of hydrogen-bond acceptors (Lipinski definition) is 4. The molecule has 2 amide bonds. The summed E-state index contributed by atoms with van der Waals surface area (Å²) in [6, 6.07) is 5.88. The van der Waals surface area contributed by atoms with Crippen molar-refractivity contribution < 1.29 is 14.5 Å². The second kappa shape index (κ2) is 5.93. The number of non-ortho nitro benzene ring substituents is 1. The third-order valence-corrected chi connectivity index (χ3v) is 9.07. The summed E-state index contributed by atoms with van der Waals surface area (Å²) in [5, 5.41) is 11.2. The van der Waals surface area contributed by atoms with Crippen LogP contribution in [0.2, 0.25) is 0 Å².